The van der Waals surface area contributed by atoms with Crippen LogP contribution in [-0.2, 0) is 6.54 Å². The summed E-state index contributed by atoms with van der Waals surface area (Å²) in [6.45, 7) is 2.49. The molecule has 6 heteroatoms. The van der Waals surface area contributed by atoms with Gasteiger partial charge in [-0.15, -0.1) is 0 Å². The molecular weight excluding hydrogens is 374 g/mol. The molecule has 0 aliphatic rings. The summed E-state index contributed by atoms with van der Waals surface area (Å²) < 4.78 is 0. The molecule has 0 fully saturated rings. The van der Waals surface area contributed by atoms with Crippen LogP contribution in [0.5, 0.6) is 0 Å². The summed E-state index contributed by atoms with van der Waals surface area (Å²) in [4.78, 5) is 26.3. The first-order valence-electron chi connectivity index (χ1n) is 9.64. The molecule has 2 aromatic heterocycles. The Morgan fingerprint density at radius 3 is 2.40 bits per heavy atom. The van der Waals surface area contributed by atoms with Crippen LogP contribution in [0.2, 0.25) is 0 Å². The number of carbonyl (C=O) groups excluding carboxylic acids is 1. The highest BCUT2D eigenvalue weighted by atomic mass is 16.1. The maximum Gasteiger partial charge on any atom is 0.274 e. The van der Waals surface area contributed by atoms with Crippen molar-refractivity contribution in [2.24, 2.45) is 0 Å². The average Bonchev–Trinajstić information content (AvgIpc) is 2.80. The Kier molecular flexibility index (Phi) is 5.75. The number of amides is 1. The van der Waals surface area contributed by atoms with E-state index in [-0.39, 0.29) is 11.6 Å². The normalized spacial score (nSPS) is 10.4. The van der Waals surface area contributed by atoms with E-state index < -0.39 is 0 Å². The minimum atomic E-state index is -0.292. The van der Waals surface area contributed by atoms with Crippen molar-refractivity contribution in [3.63, 3.8) is 0 Å². The molecule has 2 heterocycles. The Morgan fingerprint density at radius 1 is 0.900 bits per heavy atom. The van der Waals surface area contributed by atoms with E-state index in [4.69, 9.17) is 0 Å². The van der Waals surface area contributed by atoms with Crippen molar-refractivity contribution in [2.75, 3.05) is 10.6 Å². The van der Waals surface area contributed by atoms with Gasteiger partial charge in [-0.25, -0.2) is 9.97 Å². The first kappa shape index (κ1) is 19.3. The van der Waals surface area contributed by atoms with Crippen LogP contribution in [0, 0.1) is 6.92 Å². The minimum Gasteiger partial charge on any atom is -0.364 e. The minimum absolute atomic E-state index is 0.285. The Morgan fingerprint density at radius 2 is 1.67 bits per heavy atom. The lowest BCUT2D eigenvalue weighted by atomic mass is 10.2. The van der Waals surface area contributed by atoms with Gasteiger partial charge >= 0.3 is 0 Å². The molecule has 0 saturated heterocycles. The summed E-state index contributed by atoms with van der Waals surface area (Å²) in [6, 6.07) is 24.6. The number of benzene rings is 2. The fourth-order valence-electron chi connectivity index (χ4n) is 2.89. The molecule has 4 rings (SSSR count). The molecule has 0 unspecified atom stereocenters. The SMILES string of the molecule is Cc1ccc(NC(=O)c2cc(NCc3ccccn3)nc(-c3ccccc3)n2)cc1. The fraction of sp³-hybridized carbons (Fsp3) is 0.0833. The van der Waals surface area contributed by atoms with Gasteiger partial charge in [0.1, 0.15) is 11.5 Å². The van der Waals surface area contributed by atoms with E-state index in [1.54, 1.807) is 12.3 Å². The van der Waals surface area contributed by atoms with E-state index >= 15 is 0 Å². The van der Waals surface area contributed by atoms with Crippen LogP contribution in [0.25, 0.3) is 11.4 Å². The molecule has 0 saturated carbocycles. The van der Waals surface area contributed by atoms with Crippen LogP contribution in [0.15, 0.2) is 85.1 Å². The second kappa shape index (κ2) is 8.96. The zero-order chi connectivity index (χ0) is 20.8. The Balaban J connectivity index is 1.62. The number of aryl methyl sites for hydroxylation is 1. The third-order valence-corrected chi connectivity index (χ3v) is 4.48. The molecule has 4 aromatic rings. The second-order valence-corrected chi connectivity index (χ2v) is 6.82. The quantitative estimate of drug-likeness (QED) is 0.494. The lowest BCUT2D eigenvalue weighted by Gasteiger charge is -2.11. The number of pyridine rings is 1. The molecule has 30 heavy (non-hydrogen) atoms. The van der Waals surface area contributed by atoms with E-state index in [0.717, 1.165) is 16.8 Å². The van der Waals surface area contributed by atoms with Crippen molar-refractivity contribution in [1.29, 1.82) is 0 Å². The second-order valence-electron chi connectivity index (χ2n) is 6.82. The highest BCUT2D eigenvalue weighted by molar-refractivity contribution is 6.03. The van der Waals surface area contributed by atoms with Crippen molar-refractivity contribution in [3.05, 3.63) is 102 Å². The topological polar surface area (TPSA) is 79.8 Å². The largest absolute Gasteiger partial charge is 0.364 e. The predicted molar refractivity (Wildman–Crippen MR) is 118 cm³/mol. The summed E-state index contributed by atoms with van der Waals surface area (Å²) in [7, 11) is 0. The Bertz CT molecular complexity index is 1130. The van der Waals surface area contributed by atoms with Gasteiger partial charge in [0.25, 0.3) is 5.91 Å². The van der Waals surface area contributed by atoms with Gasteiger partial charge in [0.05, 0.1) is 12.2 Å². The van der Waals surface area contributed by atoms with Crippen LogP contribution < -0.4 is 10.6 Å². The molecule has 0 bridgehead atoms. The lowest BCUT2D eigenvalue weighted by molar-refractivity contribution is 0.102. The summed E-state index contributed by atoms with van der Waals surface area (Å²) in [5, 5.41) is 6.14. The van der Waals surface area contributed by atoms with Gasteiger partial charge in [-0.3, -0.25) is 9.78 Å². The third-order valence-electron chi connectivity index (χ3n) is 4.48. The number of hydrogen-bond donors (Lipinski definition) is 2. The van der Waals surface area contributed by atoms with Crippen LogP contribution >= 0.6 is 0 Å². The molecule has 0 radical (unpaired) electrons. The molecular formula is C24H21N5O. The highest BCUT2D eigenvalue weighted by Gasteiger charge is 2.13. The summed E-state index contributed by atoms with van der Waals surface area (Å²) >= 11 is 0. The molecule has 6 nitrogen and oxygen atoms in total. The standard InChI is InChI=1S/C24H21N5O/c1-17-10-12-19(13-11-17)27-24(30)21-15-22(26-16-20-9-5-6-14-25-20)29-23(28-21)18-7-3-2-4-8-18/h2-15H,16H2,1H3,(H,27,30)(H,26,28,29). The van der Waals surface area contributed by atoms with Crippen LogP contribution in [-0.4, -0.2) is 20.9 Å². The number of hydrogen-bond acceptors (Lipinski definition) is 5. The van der Waals surface area contributed by atoms with Crippen LogP contribution in [0.4, 0.5) is 11.5 Å². The Labute approximate surface area is 175 Å². The molecule has 2 aromatic carbocycles. The highest BCUT2D eigenvalue weighted by Crippen LogP contribution is 2.19. The smallest absolute Gasteiger partial charge is 0.274 e. The first-order chi connectivity index (χ1) is 14.7. The maximum absolute atomic E-state index is 12.9. The number of rotatable bonds is 6. The molecule has 0 aliphatic carbocycles. The maximum atomic E-state index is 12.9. The van der Waals surface area contributed by atoms with Gasteiger partial charge in [-0.1, -0.05) is 54.1 Å². The fourth-order valence-corrected chi connectivity index (χ4v) is 2.89. The average molecular weight is 395 g/mol. The molecule has 1 amide bonds. The van der Waals surface area contributed by atoms with Crippen molar-refractivity contribution < 1.29 is 4.79 Å². The molecule has 0 atom stereocenters. The Hall–Kier alpha value is -4.06. The van der Waals surface area contributed by atoms with Crippen LogP contribution in [0.1, 0.15) is 21.7 Å². The lowest BCUT2D eigenvalue weighted by Crippen LogP contribution is -2.16. The van der Waals surface area contributed by atoms with E-state index in [0.29, 0.717) is 23.9 Å². The zero-order valence-electron chi connectivity index (χ0n) is 16.5. The summed E-state index contributed by atoms with van der Waals surface area (Å²) in [5.41, 5.74) is 3.84. The van der Waals surface area contributed by atoms with Gasteiger partial charge in [0, 0.05) is 23.5 Å². The molecule has 0 spiro atoms. The van der Waals surface area contributed by atoms with Crippen molar-refractivity contribution >= 4 is 17.4 Å². The monoisotopic (exact) mass is 395 g/mol. The molecule has 2 N–H and O–H groups in total. The van der Waals surface area contributed by atoms with Gasteiger partial charge in [-0.05, 0) is 31.2 Å². The summed E-state index contributed by atoms with van der Waals surface area (Å²) in [5.74, 6) is 0.749. The number of nitrogens with one attached hydrogen (secondary N) is 2. The van der Waals surface area contributed by atoms with Gasteiger partial charge in [0.2, 0.25) is 0 Å². The van der Waals surface area contributed by atoms with Crippen molar-refractivity contribution in [2.45, 2.75) is 13.5 Å². The predicted octanol–water partition coefficient (Wildman–Crippen LogP) is 4.71. The van der Waals surface area contributed by atoms with Crippen molar-refractivity contribution in [3.8, 4) is 11.4 Å². The number of aromatic nitrogens is 3. The first-order valence-corrected chi connectivity index (χ1v) is 9.64. The summed E-state index contributed by atoms with van der Waals surface area (Å²) in [6.07, 6.45) is 1.74. The molecule has 0 aliphatic heterocycles. The van der Waals surface area contributed by atoms with Crippen molar-refractivity contribution in [1.82, 2.24) is 15.0 Å². The van der Waals surface area contributed by atoms with Crippen LogP contribution in [0.3, 0.4) is 0 Å². The zero-order valence-corrected chi connectivity index (χ0v) is 16.5. The van der Waals surface area contributed by atoms with E-state index in [1.807, 2.05) is 79.7 Å². The van der Waals surface area contributed by atoms with E-state index in [9.17, 15) is 4.79 Å². The number of nitrogens with zero attached hydrogens (tertiary/aromatic N) is 3. The third kappa shape index (κ3) is 4.86. The van der Waals surface area contributed by atoms with E-state index in [1.165, 1.54) is 0 Å². The van der Waals surface area contributed by atoms with Gasteiger partial charge in [0.15, 0.2) is 5.82 Å². The number of carbonyl (C=O) groups is 1. The van der Waals surface area contributed by atoms with Gasteiger partial charge < -0.3 is 10.6 Å². The van der Waals surface area contributed by atoms with Gasteiger partial charge in [-0.2, -0.15) is 0 Å². The molecule has 148 valence electrons. The number of anilines is 2. The van der Waals surface area contributed by atoms with E-state index in [2.05, 4.69) is 25.6 Å².